The Morgan fingerprint density at radius 3 is 2.42 bits per heavy atom. The van der Waals surface area contributed by atoms with Crippen LogP contribution in [0.15, 0.2) is 24.3 Å². The van der Waals surface area contributed by atoms with Crippen LogP contribution in [0.5, 0.6) is 0 Å². The van der Waals surface area contributed by atoms with Crippen LogP contribution in [-0.2, 0) is 6.18 Å². The predicted octanol–water partition coefficient (Wildman–Crippen LogP) is 2.33. The molecule has 1 heterocycles. The van der Waals surface area contributed by atoms with Gasteiger partial charge < -0.3 is 5.73 Å². The minimum atomic E-state index is -4.76. The standard InChI is InChI=1S/C11H7F4N3O/c12-7-3-5(1-2-6(7)11(13,14)15)8-4-9(10(16)19)18-17-8/h1-4H,(H2,16,19)(H,17,18). The van der Waals surface area contributed by atoms with E-state index in [1.165, 1.54) is 6.07 Å². The lowest BCUT2D eigenvalue weighted by molar-refractivity contribution is -0.139. The van der Waals surface area contributed by atoms with E-state index >= 15 is 0 Å². The number of hydrogen-bond donors (Lipinski definition) is 2. The Kier molecular flexibility index (Phi) is 3.01. The van der Waals surface area contributed by atoms with Crippen molar-refractivity contribution in [2.24, 2.45) is 5.73 Å². The second kappa shape index (κ2) is 4.38. The largest absolute Gasteiger partial charge is 0.419 e. The number of nitrogens with two attached hydrogens (primary N) is 1. The fraction of sp³-hybridized carbons (Fsp3) is 0.0909. The maximum atomic E-state index is 13.3. The third-order valence-electron chi connectivity index (χ3n) is 2.41. The van der Waals surface area contributed by atoms with Crippen molar-refractivity contribution in [3.63, 3.8) is 0 Å². The molecule has 1 aromatic carbocycles. The van der Waals surface area contributed by atoms with Crippen molar-refractivity contribution in [2.75, 3.05) is 0 Å². The lowest BCUT2D eigenvalue weighted by Crippen LogP contribution is -2.10. The summed E-state index contributed by atoms with van der Waals surface area (Å²) in [5.74, 6) is -2.18. The molecular weight excluding hydrogens is 266 g/mol. The highest BCUT2D eigenvalue weighted by Crippen LogP contribution is 2.33. The molecule has 0 spiro atoms. The van der Waals surface area contributed by atoms with Crippen LogP contribution in [-0.4, -0.2) is 16.1 Å². The number of amides is 1. The summed E-state index contributed by atoms with van der Waals surface area (Å²) in [5.41, 5.74) is 3.84. The van der Waals surface area contributed by atoms with Crippen LogP contribution in [0.25, 0.3) is 11.3 Å². The third-order valence-corrected chi connectivity index (χ3v) is 2.41. The van der Waals surface area contributed by atoms with Crippen LogP contribution in [0.3, 0.4) is 0 Å². The minimum absolute atomic E-state index is 0.0182. The van der Waals surface area contributed by atoms with Crippen LogP contribution >= 0.6 is 0 Å². The van der Waals surface area contributed by atoms with Crippen LogP contribution in [0.1, 0.15) is 16.1 Å². The summed E-state index contributed by atoms with van der Waals surface area (Å²) in [5, 5.41) is 5.97. The van der Waals surface area contributed by atoms with E-state index in [1.807, 2.05) is 0 Å². The average Bonchev–Trinajstić information content (AvgIpc) is 2.76. The molecule has 100 valence electrons. The highest BCUT2D eigenvalue weighted by molar-refractivity contribution is 5.91. The predicted molar refractivity (Wildman–Crippen MR) is 57.5 cm³/mol. The molecule has 19 heavy (non-hydrogen) atoms. The van der Waals surface area contributed by atoms with E-state index in [4.69, 9.17) is 5.73 Å². The number of rotatable bonds is 2. The van der Waals surface area contributed by atoms with Gasteiger partial charge in [-0.2, -0.15) is 18.3 Å². The molecule has 3 N–H and O–H groups in total. The zero-order valence-corrected chi connectivity index (χ0v) is 9.25. The van der Waals surface area contributed by atoms with Gasteiger partial charge in [-0.25, -0.2) is 4.39 Å². The summed E-state index contributed by atoms with van der Waals surface area (Å²) in [7, 11) is 0. The van der Waals surface area contributed by atoms with Crippen molar-refractivity contribution in [2.45, 2.75) is 6.18 Å². The summed E-state index contributed by atoms with van der Waals surface area (Å²) in [6, 6.07) is 3.60. The SMILES string of the molecule is NC(=O)c1cc(-c2ccc(C(F)(F)F)c(F)c2)n[nH]1. The number of nitrogens with one attached hydrogen (secondary N) is 1. The smallest absolute Gasteiger partial charge is 0.364 e. The Hall–Kier alpha value is -2.38. The summed E-state index contributed by atoms with van der Waals surface area (Å²) < 4.78 is 50.5. The van der Waals surface area contributed by atoms with Crippen LogP contribution in [0, 0.1) is 5.82 Å². The van der Waals surface area contributed by atoms with Gasteiger partial charge in [-0.3, -0.25) is 9.89 Å². The van der Waals surface area contributed by atoms with Crippen molar-refractivity contribution in [1.29, 1.82) is 0 Å². The van der Waals surface area contributed by atoms with Gasteiger partial charge in [0.05, 0.1) is 11.3 Å². The summed E-state index contributed by atoms with van der Waals surface area (Å²) >= 11 is 0. The zero-order chi connectivity index (χ0) is 14.2. The quantitative estimate of drug-likeness (QED) is 0.824. The maximum Gasteiger partial charge on any atom is 0.419 e. The molecule has 2 rings (SSSR count). The first-order valence-electron chi connectivity index (χ1n) is 5.01. The summed E-state index contributed by atoms with van der Waals surface area (Å²) in [6.45, 7) is 0. The van der Waals surface area contributed by atoms with E-state index in [1.54, 1.807) is 0 Å². The molecule has 0 atom stereocenters. The maximum absolute atomic E-state index is 13.3. The normalized spacial score (nSPS) is 11.6. The minimum Gasteiger partial charge on any atom is -0.364 e. The number of carbonyl (C=O) groups excluding carboxylic acids is 1. The molecule has 2 aromatic rings. The number of aromatic amines is 1. The zero-order valence-electron chi connectivity index (χ0n) is 9.25. The summed E-state index contributed by atoms with van der Waals surface area (Å²) in [6.07, 6.45) is -4.76. The van der Waals surface area contributed by atoms with E-state index in [0.29, 0.717) is 12.1 Å². The van der Waals surface area contributed by atoms with Crippen molar-refractivity contribution in [3.05, 3.63) is 41.3 Å². The number of H-pyrrole nitrogens is 1. The number of primary amides is 1. The molecule has 0 saturated heterocycles. The van der Waals surface area contributed by atoms with Crippen molar-refractivity contribution in [3.8, 4) is 11.3 Å². The van der Waals surface area contributed by atoms with Gasteiger partial charge in [-0.1, -0.05) is 6.07 Å². The average molecular weight is 273 g/mol. The lowest BCUT2D eigenvalue weighted by Gasteiger charge is -2.08. The number of alkyl halides is 3. The van der Waals surface area contributed by atoms with Gasteiger partial charge >= 0.3 is 6.18 Å². The Bertz CT molecular complexity index is 633. The molecule has 1 aromatic heterocycles. The van der Waals surface area contributed by atoms with Gasteiger partial charge in [0, 0.05) is 5.56 Å². The van der Waals surface area contributed by atoms with Crippen molar-refractivity contribution < 1.29 is 22.4 Å². The number of carbonyl (C=O) groups is 1. The number of hydrogen-bond acceptors (Lipinski definition) is 2. The fourth-order valence-corrected chi connectivity index (χ4v) is 1.50. The van der Waals surface area contributed by atoms with Gasteiger partial charge in [0.25, 0.3) is 5.91 Å². The molecule has 0 aliphatic rings. The van der Waals surface area contributed by atoms with E-state index in [9.17, 15) is 22.4 Å². The monoisotopic (exact) mass is 273 g/mol. The molecule has 1 amide bonds. The molecule has 0 fully saturated rings. The molecule has 0 radical (unpaired) electrons. The molecule has 4 nitrogen and oxygen atoms in total. The Balaban J connectivity index is 2.41. The number of nitrogens with zero attached hydrogens (tertiary/aromatic N) is 1. The first-order valence-corrected chi connectivity index (χ1v) is 5.01. The van der Waals surface area contributed by atoms with Gasteiger partial charge in [-0.05, 0) is 18.2 Å². The Morgan fingerprint density at radius 1 is 1.26 bits per heavy atom. The Labute approximate surface area is 104 Å². The molecule has 0 aliphatic carbocycles. The van der Waals surface area contributed by atoms with Crippen LogP contribution in [0.4, 0.5) is 17.6 Å². The molecule has 8 heteroatoms. The van der Waals surface area contributed by atoms with E-state index < -0.39 is 23.5 Å². The highest BCUT2D eigenvalue weighted by Gasteiger charge is 2.34. The second-order valence-electron chi connectivity index (χ2n) is 3.72. The van der Waals surface area contributed by atoms with Gasteiger partial charge in [-0.15, -0.1) is 0 Å². The number of aromatic nitrogens is 2. The van der Waals surface area contributed by atoms with E-state index in [0.717, 1.165) is 6.07 Å². The molecule has 0 bridgehead atoms. The van der Waals surface area contributed by atoms with Crippen molar-refractivity contribution >= 4 is 5.91 Å². The second-order valence-corrected chi connectivity index (χ2v) is 3.72. The van der Waals surface area contributed by atoms with E-state index in [-0.39, 0.29) is 17.0 Å². The number of halogens is 4. The molecule has 0 saturated carbocycles. The van der Waals surface area contributed by atoms with Gasteiger partial charge in [0.1, 0.15) is 11.5 Å². The first-order chi connectivity index (χ1) is 8.79. The van der Waals surface area contributed by atoms with E-state index in [2.05, 4.69) is 10.2 Å². The van der Waals surface area contributed by atoms with Crippen molar-refractivity contribution in [1.82, 2.24) is 10.2 Å². The van der Waals surface area contributed by atoms with Crippen LogP contribution < -0.4 is 5.73 Å². The third kappa shape index (κ3) is 2.56. The fourth-order valence-electron chi connectivity index (χ4n) is 1.50. The molecule has 0 aliphatic heterocycles. The van der Waals surface area contributed by atoms with Gasteiger partial charge in [0.15, 0.2) is 0 Å². The topological polar surface area (TPSA) is 71.8 Å². The van der Waals surface area contributed by atoms with Gasteiger partial charge in [0.2, 0.25) is 0 Å². The summed E-state index contributed by atoms with van der Waals surface area (Å²) in [4.78, 5) is 10.8. The molecular formula is C11H7F4N3O. The first kappa shape index (κ1) is 13.1. The molecule has 0 unspecified atom stereocenters. The van der Waals surface area contributed by atoms with Crippen LogP contribution in [0.2, 0.25) is 0 Å². The highest BCUT2D eigenvalue weighted by atomic mass is 19.4. The number of benzene rings is 1. The Morgan fingerprint density at radius 2 is 1.95 bits per heavy atom. The lowest BCUT2D eigenvalue weighted by atomic mass is 10.1.